The van der Waals surface area contributed by atoms with Crippen molar-refractivity contribution in [1.82, 2.24) is 4.90 Å². The minimum absolute atomic E-state index is 0.00202. The van der Waals surface area contributed by atoms with Gasteiger partial charge in [-0.3, -0.25) is 15.1 Å². The van der Waals surface area contributed by atoms with E-state index in [0.717, 1.165) is 53.6 Å². The zero-order valence-corrected chi connectivity index (χ0v) is 22.7. The third kappa shape index (κ3) is 5.07. The molecule has 38 heavy (non-hydrogen) atoms. The highest BCUT2D eigenvalue weighted by atomic mass is 32.2. The van der Waals surface area contributed by atoms with E-state index in [4.69, 9.17) is 21.3 Å². The Kier molecular flexibility index (Phi) is 7.05. The molecule has 0 radical (unpaired) electrons. The van der Waals surface area contributed by atoms with Gasteiger partial charge in [0.25, 0.3) is 0 Å². The number of nitrogens with one attached hydrogen (secondary N) is 2. The predicted molar refractivity (Wildman–Crippen MR) is 153 cm³/mol. The Hall–Kier alpha value is -3.59. The van der Waals surface area contributed by atoms with E-state index in [2.05, 4.69) is 4.90 Å². The van der Waals surface area contributed by atoms with Gasteiger partial charge >= 0.3 is 0 Å². The van der Waals surface area contributed by atoms with Crippen molar-refractivity contribution in [1.29, 1.82) is 10.8 Å². The van der Waals surface area contributed by atoms with Gasteiger partial charge in [-0.2, -0.15) is 0 Å². The van der Waals surface area contributed by atoms with Gasteiger partial charge in [0.1, 0.15) is 11.6 Å². The summed E-state index contributed by atoms with van der Waals surface area (Å²) in [5.74, 6) is 1.71. The first-order valence-electron chi connectivity index (χ1n) is 13.1. The average Bonchev–Trinajstić information content (AvgIpc) is 3.31. The smallest absolute Gasteiger partial charge is 0.235 e. The molecule has 1 fully saturated rings. The first-order valence-corrected chi connectivity index (χ1v) is 14.7. The van der Waals surface area contributed by atoms with Crippen LogP contribution in [0.5, 0.6) is 5.75 Å². The third-order valence-corrected chi connectivity index (χ3v) is 9.47. The van der Waals surface area contributed by atoms with Crippen molar-refractivity contribution in [2.45, 2.75) is 39.2 Å². The fourth-order valence-corrected chi connectivity index (χ4v) is 6.93. The molecule has 3 aromatic carbocycles. The highest BCUT2D eigenvalue weighted by Crippen LogP contribution is 2.44. The average molecular weight is 534 g/mol. The molecule has 1 saturated heterocycles. The first kappa shape index (κ1) is 26.0. The maximum atomic E-state index is 13.3. The second-order valence-corrected chi connectivity index (χ2v) is 12.4. The Labute approximate surface area is 224 Å². The van der Waals surface area contributed by atoms with Gasteiger partial charge in [-0.15, -0.1) is 0 Å². The molecular weight excluding hydrogens is 498 g/mol. The SMILES string of the molecule is CCS(=O)(=O)N1c2ccc(OCC3CCCN(C(C)=N)C3)cc2CC1c1ccc2ccc(C(=N)N)cc2c1. The predicted octanol–water partition coefficient (Wildman–Crippen LogP) is 4.67. The minimum Gasteiger partial charge on any atom is -0.493 e. The highest BCUT2D eigenvalue weighted by molar-refractivity contribution is 7.92. The van der Waals surface area contributed by atoms with Gasteiger partial charge in [-0.25, -0.2) is 8.42 Å². The molecule has 0 spiro atoms. The number of nitrogens with two attached hydrogens (primary N) is 1. The van der Waals surface area contributed by atoms with Crippen molar-refractivity contribution in [2.24, 2.45) is 11.7 Å². The maximum Gasteiger partial charge on any atom is 0.235 e. The fourth-order valence-electron chi connectivity index (χ4n) is 5.59. The molecule has 0 saturated carbocycles. The van der Waals surface area contributed by atoms with E-state index < -0.39 is 10.0 Å². The molecule has 2 unspecified atom stereocenters. The van der Waals surface area contributed by atoms with E-state index in [9.17, 15) is 8.42 Å². The van der Waals surface area contributed by atoms with Crippen LogP contribution in [0.1, 0.15) is 49.4 Å². The summed E-state index contributed by atoms with van der Waals surface area (Å²) in [6.45, 7) is 5.84. The summed E-state index contributed by atoms with van der Waals surface area (Å²) in [5.41, 5.74) is 8.89. The molecule has 9 heteroatoms. The van der Waals surface area contributed by atoms with Gasteiger partial charge in [0.15, 0.2) is 0 Å². The maximum absolute atomic E-state index is 13.3. The lowest BCUT2D eigenvalue weighted by molar-refractivity contribution is 0.174. The molecule has 2 atom stereocenters. The van der Waals surface area contributed by atoms with Crippen LogP contribution < -0.4 is 14.8 Å². The number of piperidine rings is 1. The molecule has 2 aliphatic heterocycles. The number of amidine groups is 2. The topological polar surface area (TPSA) is 124 Å². The number of nitrogen functional groups attached to an aromatic ring is 1. The summed E-state index contributed by atoms with van der Waals surface area (Å²) in [6, 6.07) is 17.0. The molecule has 4 N–H and O–H groups in total. The quantitative estimate of drug-likeness (QED) is 0.301. The molecule has 0 amide bonds. The minimum atomic E-state index is -3.53. The van der Waals surface area contributed by atoms with Crippen molar-refractivity contribution in [2.75, 3.05) is 29.8 Å². The molecule has 2 heterocycles. The van der Waals surface area contributed by atoms with Crippen molar-refractivity contribution in [3.63, 3.8) is 0 Å². The Bertz CT molecular complexity index is 1500. The van der Waals surface area contributed by atoms with Crippen molar-refractivity contribution >= 4 is 38.2 Å². The molecular formula is C29H35N5O3S. The molecule has 5 rings (SSSR count). The normalized spacial score (nSPS) is 19.4. The summed E-state index contributed by atoms with van der Waals surface area (Å²) in [4.78, 5) is 2.10. The van der Waals surface area contributed by atoms with Gasteiger partial charge in [0, 0.05) is 31.0 Å². The number of rotatable bonds is 7. The summed E-state index contributed by atoms with van der Waals surface area (Å²) in [7, 11) is -3.53. The molecule has 0 aromatic heterocycles. The monoisotopic (exact) mass is 533 g/mol. The van der Waals surface area contributed by atoms with Crippen LogP contribution in [0.15, 0.2) is 54.6 Å². The first-order chi connectivity index (χ1) is 18.2. The lowest BCUT2D eigenvalue weighted by Gasteiger charge is -2.33. The lowest BCUT2D eigenvalue weighted by atomic mass is 9.98. The van der Waals surface area contributed by atoms with E-state index in [-0.39, 0.29) is 17.6 Å². The number of nitrogens with zero attached hydrogens (tertiary/aromatic N) is 2. The highest BCUT2D eigenvalue weighted by Gasteiger charge is 2.38. The molecule has 8 nitrogen and oxygen atoms in total. The van der Waals surface area contributed by atoms with Gasteiger partial charge in [0.2, 0.25) is 10.0 Å². The van der Waals surface area contributed by atoms with Crippen LogP contribution in [0.25, 0.3) is 10.8 Å². The Morgan fingerprint density at radius 3 is 2.61 bits per heavy atom. The van der Waals surface area contributed by atoms with E-state index in [0.29, 0.717) is 36.0 Å². The summed E-state index contributed by atoms with van der Waals surface area (Å²) >= 11 is 0. The van der Waals surface area contributed by atoms with Crippen LogP contribution in [0.4, 0.5) is 5.69 Å². The Balaban J connectivity index is 1.42. The van der Waals surface area contributed by atoms with E-state index >= 15 is 0 Å². The number of benzene rings is 3. The number of anilines is 1. The zero-order chi connectivity index (χ0) is 27.0. The molecule has 0 bridgehead atoms. The van der Waals surface area contributed by atoms with Crippen LogP contribution in [0.3, 0.4) is 0 Å². The van der Waals surface area contributed by atoms with E-state index in [1.165, 1.54) is 0 Å². The summed E-state index contributed by atoms with van der Waals surface area (Å²) < 4.78 is 34.3. The van der Waals surface area contributed by atoms with Crippen molar-refractivity contribution in [3.05, 3.63) is 71.3 Å². The van der Waals surface area contributed by atoms with Gasteiger partial charge < -0.3 is 15.4 Å². The number of hydrogen-bond donors (Lipinski definition) is 3. The summed E-state index contributed by atoms with van der Waals surface area (Å²) in [5, 5.41) is 17.6. The van der Waals surface area contributed by atoms with Crippen LogP contribution in [0.2, 0.25) is 0 Å². The number of ether oxygens (including phenoxy) is 1. The summed E-state index contributed by atoms with van der Waals surface area (Å²) in [6.07, 6.45) is 2.68. The number of fused-ring (bicyclic) bond motifs is 2. The number of hydrogen-bond acceptors (Lipinski definition) is 5. The van der Waals surface area contributed by atoms with Gasteiger partial charge in [0.05, 0.1) is 29.9 Å². The Morgan fingerprint density at radius 1 is 1.08 bits per heavy atom. The van der Waals surface area contributed by atoms with Crippen LogP contribution in [0, 0.1) is 16.7 Å². The largest absolute Gasteiger partial charge is 0.493 e. The molecule has 0 aliphatic carbocycles. The lowest BCUT2D eigenvalue weighted by Crippen LogP contribution is -2.40. The van der Waals surface area contributed by atoms with Crippen molar-refractivity contribution < 1.29 is 13.2 Å². The second kappa shape index (κ2) is 10.3. The van der Waals surface area contributed by atoms with Crippen LogP contribution in [-0.4, -0.2) is 50.4 Å². The van der Waals surface area contributed by atoms with Gasteiger partial charge in [-0.1, -0.05) is 24.3 Å². The molecule has 200 valence electrons. The Morgan fingerprint density at radius 2 is 1.87 bits per heavy atom. The van der Waals surface area contributed by atoms with Crippen LogP contribution >= 0.6 is 0 Å². The second-order valence-electron chi connectivity index (χ2n) is 10.3. The standard InChI is InChI=1S/C29H35N5O3S/c1-3-38(35,36)34-27-11-10-26(37-18-20-5-4-12-33(17-20)19(2)30)15-25(27)16-28(34)22-8-6-21-7-9-23(29(31)32)14-24(21)13-22/h6-11,13-15,20,28,30H,3-5,12,16-18H2,1-2H3,(H3,31,32). The van der Waals surface area contributed by atoms with Crippen molar-refractivity contribution in [3.8, 4) is 5.75 Å². The van der Waals surface area contributed by atoms with Gasteiger partial charge in [-0.05, 0) is 78.9 Å². The molecule has 2 aliphatic rings. The van der Waals surface area contributed by atoms with Crippen LogP contribution in [-0.2, 0) is 16.4 Å². The fraction of sp³-hybridized carbons (Fsp3) is 0.379. The van der Waals surface area contributed by atoms with E-state index in [1.807, 2.05) is 61.5 Å². The molecule has 3 aromatic rings. The third-order valence-electron chi connectivity index (χ3n) is 7.69. The van der Waals surface area contributed by atoms with E-state index in [1.54, 1.807) is 11.2 Å². The number of likely N-dealkylation sites (tertiary alicyclic amines) is 1. The number of sulfonamides is 1. The zero-order valence-electron chi connectivity index (χ0n) is 21.9.